The van der Waals surface area contributed by atoms with Crippen molar-refractivity contribution >= 4 is 20.3 Å². The van der Waals surface area contributed by atoms with Crippen LogP contribution in [0.3, 0.4) is 0 Å². The first-order chi connectivity index (χ1) is 14.4. The molecular formula is C21H38N4O6Si. The molecular weight excluding hydrogens is 432 g/mol. The molecule has 1 heterocycles. The lowest BCUT2D eigenvalue weighted by Crippen LogP contribution is -2.51. The molecule has 10 nitrogen and oxygen atoms in total. The maximum Gasteiger partial charge on any atom is 0.407 e. The molecule has 0 aromatic carbocycles. The molecule has 0 bridgehead atoms. The third-order valence-electron chi connectivity index (χ3n) is 5.21. The van der Waals surface area contributed by atoms with Crippen molar-refractivity contribution in [1.82, 2.24) is 20.2 Å². The van der Waals surface area contributed by atoms with Crippen molar-refractivity contribution in [2.45, 2.75) is 84.8 Å². The summed E-state index contributed by atoms with van der Waals surface area (Å²) in [6.07, 6.45) is 0.734. The van der Waals surface area contributed by atoms with E-state index in [-0.39, 0.29) is 24.7 Å². The lowest BCUT2D eigenvalue weighted by molar-refractivity contribution is -0.122. The second-order valence-corrected chi connectivity index (χ2v) is 15.2. The van der Waals surface area contributed by atoms with Crippen LogP contribution < -0.4 is 21.9 Å². The standard InChI is InChI=1S/C21H38N4O6Si/c1-14-11-25(18(28)24-17(14)27)12-16(26)23-15(10-22-19(29)31-20(2,3)4)13-30-32(8,9)21(5,6)7/h11,15H,10,12-13H2,1-9H3,(H,22,29)(H,23,26)(H,24,27,28)/t15-/m1/s1. The number of carbonyl (C=O) groups is 2. The minimum Gasteiger partial charge on any atom is -0.444 e. The zero-order chi connectivity index (χ0) is 24.9. The number of nitrogens with one attached hydrogen (secondary N) is 3. The van der Waals surface area contributed by atoms with Crippen molar-refractivity contribution in [1.29, 1.82) is 0 Å². The van der Waals surface area contributed by atoms with Gasteiger partial charge in [-0.25, -0.2) is 9.59 Å². The van der Waals surface area contributed by atoms with E-state index in [4.69, 9.17) is 9.16 Å². The van der Waals surface area contributed by atoms with E-state index in [2.05, 4.69) is 49.5 Å². The molecule has 1 aromatic heterocycles. The van der Waals surface area contributed by atoms with Crippen LogP contribution >= 0.6 is 0 Å². The molecule has 0 radical (unpaired) electrons. The summed E-state index contributed by atoms with van der Waals surface area (Å²) >= 11 is 0. The largest absolute Gasteiger partial charge is 0.444 e. The van der Waals surface area contributed by atoms with Gasteiger partial charge in [-0.3, -0.25) is 19.1 Å². The number of ether oxygens (including phenoxy) is 1. The van der Waals surface area contributed by atoms with Crippen molar-refractivity contribution in [3.05, 3.63) is 32.6 Å². The first-order valence-electron chi connectivity index (χ1n) is 10.6. The summed E-state index contributed by atoms with van der Waals surface area (Å²) in [5, 5.41) is 5.43. The highest BCUT2D eigenvalue weighted by Gasteiger charge is 2.37. The summed E-state index contributed by atoms with van der Waals surface area (Å²) in [6.45, 7) is 17.3. The normalized spacial score (nSPS) is 13.4. The van der Waals surface area contributed by atoms with Crippen LogP contribution in [0.4, 0.5) is 4.79 Å². The number of alkyl carbamates (subject to hydrolysis) is 1. The molecule has 32 heavy (non-hydrogen) atoms. The highest BCUT2D eigenvalue weighted by molar-refractivity contribution is 6.74. The fraction of sp³-hybridized carbons (Fsp3) is 0.714. The number of carbonyl (C=O) groups excluding carboxylic acids is 2. The molecule has 3 N–H and O–H groups in total. The highest BCUT2D eigenvalue weighted by Crippen LogP contribution is 2.36. The van der Waals surface area contributed by atoms with Crippen LogP contribution in [0.15, 0.2) is 15.8 Å². The van der Waals surface area contributed by atoms with Gasteiger partial charge in [0.2, 0.25) is 5.91 Å². The van der Waals surface area contributed by atoms with Crippen LogP contribution in [0.2, 0.25) is 18.1 Å². The second kappa shape index (κ2) is 10.5. The number of nitrogens with zero attached hydrogens (tertiary/aromatic N) is 1. The minimum absolute atomic E-state index is 0.0269. The Morgan fingerprint density at radius 2 is 1.75 bits per heavy atom. The monoisotopic (exact) mass is 470 g/mol. The lowest BCUT2D eigenvalue weighted by atomic mass is 10.2. The average molecular weight is 471 g/mol. The number of aromatic nitrogens is 2. The Bertz CT molecular complexity index is 924. The minimum atomic E-state index is -2.10. The smallest absolute Gasteiger partial charge is 0.407 e. The molecule has 1 atom stereocenters. The molecule has 0 saturated carbocycles. The maximum atomic E-state index is 12.6. The van der Waals surface area contributed by atoms with Gasteiger partial charge in [-0.2, -0.15) is 0 Å². The van der Waals surface area contributed by atoms with E-state index in [1.165, 1.54) is 6.20 Å². The van der Waals surface area contributed by atoms with Crippen LogP contribution in [0.1, 0.15) is 47.1 Å². The predicted molar refractivity (Wildman–Crippen MR) is 125 cm³/mol. The van der Waals surface area contributed by atoms with Gasteiger partial charge >= 0.3 is 11.8 Å². The zero-order valence-corrected chi connectivity index (χ0v) is 21.7. The Kier molecular flexibility index (Phi) is 9.05. The predicted octanol–water partition coefficient (Wildman–Crippen LogP) is 1.88. The topological polar surface area (TPSA) is 132 Å². The zero-order valence-electron chi connectivity index (χ0n) is 20.7. The fourth-order valence-corrected chi connectivity index (χ4v) is 3.41. The van der Waals surface area contributed by atoms with Gasteiger partial charge in [0.1, 0.15) is 12.1 Å². The quantitative estimate of drug-likeness (QED) is 0.497. The van der Waals surface area contributed by atoms with E-state index in [0.717, 1.165) is 4.57 Å². The molecule has 11 heteroatoms. The number of hydrogen-bond acceptors (Lipinski definition) is 6. The van der Waals surface area contributed by atoms with Crippen LogP contribution in [0.5, 0.6) is 0 Å². The first kappa shape index (κ1) is 27.6. The van der Waals surface area contributed by atoms with Gasteiger partial charge in [0.25, 0.3) is 5.56 Å². The number of aromatic amines is 1. The molecule has 0 fully saturated rings. The Morgan fingerprint density at radius 3 is 2.28 bits per heavy atom. The summed E-state index contributed by atoms with van der Waals surface area (Å²) in [6, 6.07) is -0.538. The molecule has 0 saturated heterocycles. The molecule has 0 spiro atoms. The van der Waals surface area contributed by atoms with Gasteiger partial charge in [0.05, 0.1) is 12.6 Å². The fourth-order valence-electron chi connectivity index (χ4n) is 2.36. The van der Waals surface area contributed by atoms with Gasteiger partial charge in [-0.15, -0.1) is 0 Å². The van der Waals surface area contributed by atoms with Crippen LogP contribution in [-0.4, -0.2) is 54.7 Å². The van der Waals surface area contributed by atoms with E-state index in [0.29, 0.717) is 5.56 Å². The summed E-state index contributed by atoms with van der Waals surface area (Å²) in [5.41, 5.74) is -1.49. The van der Waals surface area contributed by atoms with E-state index in [1.54, 1.807) is 27.7 Å². The molecule has 182 valence electrons. The van der Waals surface area contributed by atoms with Gasteiger partial charge in [0.15, 0.2) is 8.32 Å². The van der Waals surface area contributed by atoms with Gasteiger partial charge in [0, 0.05) is 18.3 Å². The van der Waals surface area contributed by atoms with Crippen molar-refractivity contribution in [3.63, 3.8) is 0 Å². The molecule has 0 aliphatic heterocycles. The van der Waals surface area contributed by atoms with Crippen molar-refractivity contribution in [3.8, 4) is 0 Å². The summed E-state index contributed by atoms with van der Waals surface area (Å²) in [5.74, 6) is -0.451. The van der Waals surface area contributed by atoms with Gasteiger partial charge in [-0.1, -0.05) is 20.8 Å². The third kappa shape index (κ3) is 8.99. The van der Waals surface area contributed by atoms with E-state index >= 15 is 0 Å². The SMILES string of the molecule is Cc1cn(CC(=O)N[C@H](CNC(=O)OC(C)(C)C)CO[Si](C)(C)C(C)(C)C)c(=O)[nH]c1=O. The lowest BCUT2D eigenvalue weighted by Gasteiger charge is -2.37. The highest BCUT2D eigenvalue weighted by atomic mass is 28.4. The number of amides is 2. The third-order valence-corrected chi connectivity index (χ3v) is 9.71. The number of aryl methyl sites for hydroxylation is 1. The molecule has 1 rings (SSSR count). The van der Waals surface area contributed by atoms with E-state index in [1.807, 2.05) is 0 Å². The molecule has 0 unspecified atom stereocenters. The molecule has 0 aliphatic carbocycles. The van der Waals surface area contributed by atoms with Crippen LogP contribution in [-0.2, 0) is 20.5 Å². The molecule has 0 aliphatic rings. The molecule has 2 amide bonds. The van der Waals surface area contributed by atoms with Crippen molar-refractivity contribution < 1.29 is 18.8 Å². The van der Waals surface area contributed by atoms with E-state index in [9.17, 15) is 19.2 Å². The number of H-pyrrole nitrogens is 1. The Morgan fingerprint density at radius 1 is 1.16 bits per heavy atom. The van der Waals surface area contributed by atoms with E-state index < -0.39 is 43.2 Å². The Labute approximate surface area is 190 Å². The summed E-state index contributed by atoms with van der Waals surface area (Å²) < 4.78 is 12.6. The maximum absolute atomic E-state index is 12.6. The Hall–Kier alpha value is -2.40. The average Bonchev–Trinajstić information content (AvgIpc) is 2.59. The number of hydrogen-bond donors (Lipinski definition) is 3. The van der Waals surface area contributed by atoms with Crippen molar-refractivity contribution in [2.75, 3.05) is 13.2 Å². The first-order valence-corrected chi connectivity index (χ1v) is 13.5. The van der Waals surface area contributed by atoms with Crippen LogP contribution in [0.25, 0.3) is 0 Å². The number of rotatable bonds is 8. The second-order valence-electron chi connectivity index (χ2n) is 10.4. The Balaban J connectivity index is 2.90. The summed E-state index contributed by atoms with van der Waals surface area (Å²) in [4.78, 5) is 50.3. The van der Waals surface area contributed by atoms with Gasteiger partial charge < -0.3 is 19.8 Å². The summed E-state index contributed by atoms with van der Waals surface area (Å²) in [7, 11) is -2.10. The van der Waals surface area contributed by atoms with Crippen LogP contribution in [0, 0.1) is 6.92 Å². The van der Waals surface area contributed by atoms with Gasteiger partial charge in [-0.05, 0) is 45.8 Å². The van der Waals surface area contributed by atoms with Crippen molar-refractivity contribution in [2.24, 2.45) is 0 Å². The molecule has 1 aromatic rings.